The number of para-hydroxylation sites is 1. The van der Waals surface area contributed by atoms with Crippen molar-refractivity contribution in [2.45, 2.75) is 25.9 Å². The molecule has 0 radical (unpaired) electrons. The summed E-state index contributed by atoms with van der Waals surface area (Å²) in [5.41, 5.74) is 1.67. The fraction of sp³-hybridized carbons (Fsp3) is 0.400. The van der Waals surface area contributed by atoms with E-state index < -0.39 is 0 Å². The molecule has 0 bridgehead atoms. The smallest absolute Gasteiger partial charge is 0.251 e. The van der Waals surface area contributed by atoms with E-state index >= 15 is 0 Å². The monoisotopic (exact) mass is 447 g/mol. The summed E-state index contributed by atoms with van der Waals surface area (Å²) in [6, 6.07) is 11.5. The van der Waals surface area contributed by atoms with Crippen LogP contribution in [0.1, 0.15) is 16.9 Å². The number of anilines is 1. The van der Waals surface area contributed by atoms with E-state index in [9.17, 15) is 9.59 Å². The minimum Gasteiger partial charge on any atom is -0.296 e. The molecule has 0 saturated carbocycles. The van der Waals surface area contributed by atoms with Crippen molar-refractivity contribution < 1.29 is 9.59 Å². The Kier molecular flexibility index (Phi) is 5.45. The van der Waals surface area contributed by atoms with E-state index in [4.69, 9.17) is 0 Å². The molecule has 2 saturated heterocycles. The van der Waals surface area contributed by atoms with Crippen LogP contribution < -0.4 is 4.90 Å². The molecule has 3 heterocycles. The summed E-state index contributed by atoms with van der Waals surface area (Å²) in [7, 11) is 0. The highest BCUT2D eigenvalue weighted by molar-refractivity contribution is 9.11. The number of benzene rings is 1. The van der Waals surface area contributed by atoms with Gasteiger partial charge in [0.1, 0.15) is 0 Å². The van der Waals surface area contributed by atoms with Gasteiger partial charge in [0.2, 0.25) is 5.91 Å². The Balaban J connectivity index is 1.39. The van der Waals surface area contributed by atoms with Gasteiger partial charge >= 0.3 is 0 Å². The van der Waals surface area contributed by atoms with Crippen LogP contribution in [0.2, 0.25) is 0 Å². The Hall–Kier alpha value is -1.54. The summed E-state index contributed by atoms with van der Waals surface area (Å²) < 4.78 is 1.16. The zero-order chi connectivity index (χ0) is 19.0. The lowest BCUT2D eigenvalue weighted by Gasteiger charge is -2.36. The van der Waals surface area contributed by atoms with Crippen LogP contribution in [0.4, 0.5) is 5.69 Å². The molecular weight excluding hydrogens is 426 g/mol. The first-order valence-corrected chi connectivity index (χ1v) is 10.8. The van der Waals surface area contributed by atoms with Crippen molar-refractivity contribution in [3.05, 3.63) is 50.6 Å². The van der Waals surface area contributed by atoms with Crippen LogP contribution in [-0.2, 0) is 16.1 Å². The fourth-order valence-corrected chi connectivity index (χ4v) is 5.38. The zero-order valence-corrected chi connectivity index (χ0v) is 17.6. The highest BCUT2D eigenvalue weighted by Gasteiger charge is 2.43. The molecule has 2 aliphatic rings. The lowest BCUT2D eigenvalue weighted by Crippen LogP contribution is -2.52. The standard InChI is InChI=1S/C20H22BrN3O2S/c1-14-4-2-3-5-16(14)24-19(25)12-17(20(24)26)23-10-8-22(9-11-23)13-15-6-7-18(21)27-15/h2-7,17H,8-13H2,1H3/t17-/m1/s1. The van der Waals surface area contributed by atoms with Crippen LogP contribution in [0, 0.1) is 6.92 Å². The number of thiophene rings is 1. The van der Waals surface area contributed by atoms with E-state index in [2.05, 4.69) is 37.9 Å². The average molecular weight is 448 g/mol. The van der Waals surface area contributed by atoms with Crippen molar-refractivity contribution in [3.63, 3.8) is 0 Å². The molecule has 2 amide bonds. The Bertz CT molecular complexity index is 860. The average Bonchev–Trinajstić information content (AvgIpc) is 3.19. The predicted octanol–water partition coefficient (Wildman–Crippen LogP) is 3.27. The van der Waals surface area contributed by atoms with Crippen molar-refractivity contribution in [1.82, 2.24) is 9.80 Å². The fourth-order valence-electron chi connectivity index (χ4n) is 3.86. The minimum absolute atomic E-state index is 0.0788. The first kappa shape index (κ1) is 18.8. The van der Waals surface area contributed by atoms with Crippen LogP contribution in [0.3, 0.4) is 0 Å². The third-order valence-corrected chi connectivity index (χ3v) is 6.94. The van der Waals surface area contributed by atoms with Crippen LogP contribution in [0.5, 0.6) is 0 Å². The molecule has 5 nitrogen and oxygen atoms in total. The third kappa shape index (κ3) is 3.87. The molecular formula is C20H22BrN3O2S. The molecule has 1 atom stereocenters. The van der Waals surface area contributed by atoms with E-state index in [0.29, 0.717) is 0 Å². The largest absolute Gasteiger partial charge is 0.296 e. The molecule has 2 aromatic rings. The maximum Gasteiger partial charge on any atom is 0.251 e. The molecule has 4 rings (SSSR count). The topological polar surface area (TPSA) is 43.9 Å². The first-order valence-electron chi connectivity index (χ1n) is 9.16. The van der Waals surface area contributed by atoms with E-state index in [0.717, 1.165) is 47.8 Å². The maximum atomic E-state index is 13.0. The molecule has 1 aromatic carbocycles. The lowest BCUT2D eigenvalue weighted by atomic mass is 10.1. The number of rotatable bonds is 4. The van der Waals surface area contributed by atoms with Crippen molar-refractivity contribution in [3.8, 4) is 0 Å². The maximum absolute atomic E-state index is 13.0. The normalized spacial score (nSPS) is 22.0. The summed E-state index contributed by atoms with van der Waals surface area (Å²) in [5.74, 6) is -0.171. The second kappa shape index (κ2) is 7.83. The molecule has 0 aliphatic carbocycles. The van der Waals surface area contributed by atoms with Gasteiger partial charge < -0.3 is 0 Å². The van der Waals surface area contributed by atoms with E-state index in [-0.39, 0.29) is 24.3 Å². The van der Waals surface area contributed by atoms with Gasteiger partial charge in [0, 0.05) is 37.6 Å². The molecule has 0 unspecified atom stereocenters. The molecule has 2 aliphatic heterocycles. The second-order valence-electron chi connectivity index (χ2n) is 7.09. The SMILES string of the molecule is Cc1ccccc1N1C(=O)C[C@@H](N2CCN(Cc3ccc(Br)s3)CC2)C1=O. The van der Waals surface area contributed by atoms with Gasteiger partial charge in [0.15, 0.2) is 0 Å². The van der Waals surface area contributed by atoms with Gasteiger partial charge in [-0.15, -0.1) is 11.3 Å². The van der Waals surface area contributed by atoms with Crippen molar-refractivity contribution in [2.75, 3.05) is 31.1 Å². The summed E-state index contributed by atoms with van der Waals surface area (Å²) in [5, 5.41) is 0. The number of imide groups is 1. The van der Waals surface area contributed by atoms with Crippen molar-refractivity contribution in [1.29, 1.82) is 0 Å². The number of hydrogen-bond acceptors (Lipinski definition) is 5. The van der Waals surface area contributed by atoms with Crippen LogP contribution >= 0.6 is 27.3 Å². The molecule has 7 heteroatoms. The molecule has 142 valence electrons. The molecule has 0 spiro atoms. The lowest BCUT2D eigenvalue weighted by molar-refractivity contribution is -0.123. The number of carbonyl (C=O) groups is 2. The number of nitrogens with zero attached hydrogens (tertiary/aromatic N) is 3. The number of carbonyl (C=O) groups excluding carboxylic acids is 2. The number of aryl methyl sites for hydroxylation is 1. The third-order valence-electron chi connectivity index (χ3n) is 5.34. The number of hydrogen-bond donors (Lipinski definition) is 0. The molecule has 0 N–H and O–H groups in total. The Morgan fingerprint density at radius 1 is 1.07 bits per heavy atom. The Morgan fingerprint density at radius 3 is 2.48 bits per heavy atom. The van der Waals surface area contributed by atoms with Crippen LogP contribution in [0.25, 0.3) is 0 Å². The second-order valence-corrected chi connectivity index (χ2v) is 9.64. The Labute approximate surface area is 171 Å². The van der Waals surface area contributed by atoms with Gasteiger partial charge in [-0.25, -0.2) is 4.90 Å². The highest BCUT2D eigenvalue weighted by Crippen LogP contribution is 2.29. The van der Waals surface area contributed by atoms with Crippen LogP contribution in [0.15, 0.2) is 40.2 Å². The summed E-state index contributed by atoms with van der Waals surface area (Å²) in [6.45, 7) is 6.34. The molecule has 1 aromatic heterocycles. The number of halogens is 1. The van der Waals surface area contributed by atoms with E-state index in [1.54, 1.807) is 11.3 Å². The highest BCUT2D eigenvalue weighted by atomic mass is 79.9. The Morgan fingerprint density at radius 2 is 1.81 bits per heavy atom. The summed E-state index contributed by atoms with van der Waals surface area (Å²) >= 11 is 5.27. The van der Waals surface area contributed by atoms with Gasteiger partial charge in [0.25, 0.3) is 5.91 Å². The van der Waals surface area contributed by atoms with Crippen molar-refractivity contribution >= 4 is 44.8 Å². The summed E-state index contributed by atoms with van der Waals surface area (Å²) in [6.07, 6.45) is 0.283. The van der Waals surface area contributed by atoms with E-state index in [1.165, 1.54) is 9.78 Å². The summed E-state index contributed by atoms with van der Waals surface area (Å²) in [4.78, 5) is 32.9. The molecule has 27 heavy (non-hydrogen) atoms. The van der Waals surface area contributed by atoms with Crippen molar-refractivity contribution in [2.24, 2.45) is 0 Å². The minimum atomic E-state index is -0.324. The van der Waals surface area contributed by atoms with Gasteiger partial charge in [-0.1, -0.05) is 18.2 Å². The van der Waals surface area contributed by atoms with Crippen LogP contribution in [-0.4, -0.2) is 53.8 Å². The van der Waals surface area contributed by atoms with E-state index in [1.807, 2.05) is 31.2 Å². The van der Waals surface area contributed by atoms with Gasteiger partial charge in [-0.3, -0.25) is 19.4 Å². The zero-order valence-electron chi connectivity index (χ0n) is 15.2. The van der Waals surface area contributed by atoms with Gasteiger partial charge in [0.05, 0.1) is 21.9 Å². The predicted molar refractivity (Wildman–Crippen MR) is 111 cm³/mol. The van der Waals surface area contributed by atoms with Gasteiger partial charge in [-0.05, 0) is 46.6 Å². The first-order chi connectivity index (χ1) is 13.0. The molecule has 2 fully saturated rings. The quantitative estimate of drug-likeness (QED) is 0.674. The van der Waals surface area contributed by atoms with Gasteiger partial charge in [-0.2, -0.15) is 0 Å². The number of amides is 2. The number of piperazine rings is 1.